The van der Waals surface area contributed by atoms with Crippen molar-refractivity contribution in [3.8, 4) is 0 Å². The molecule has 2 amide bonds. The lowest BCUT2D eigenvalue weighted by atomic mass is 10.0. The molecule has 0 aliphatic rings. The van der Waals surface area contributed by atoms with Gasteiger partial charge in [0.15, 0.2) is 0 Å². The molecule has 0 aliphatic heterocycles. The van der Waals surface area contributed by atoms with Crippen LogP contribution in [0.3, 0.4) is 0 Å². The van der Waals surface area contributed by atoms with Crippen molar-refractivity contribution >= 4 is 11.7 Å². The van der Waals surface area contributed by atoms with E-state index in [0.717, 1.165) is 12.1 Å². The minimum absolute atomic E-state index is 0.457. The maximum absolute atomic E-state index is 13.6. The molecule has 0 bridgehead atoms. The average Bonchev–Trinajstić information content (AvgIpc) is 2.47. The van der Waals surface area contributed by atoms with Crippen LogP contribution in [0.2, 0.25) is 0 Å². The van der Waals surface area contributed by atoms with Crippen LogP contribution in [-0.4, -0.2) is 22.2 Å². The lowest BCUT2D eigenvalue weighted by Gasteiger charge is -2.21. The van der Waals surface area contributed by atoms with Crippen LogP contribution < -0.4 is 10.6 Å². The Kier molecular flexibility index (Phi) is 5.00. The molecule has 116 valence electrons. The van der Waals surface area contributed by atoms with E-state index in [1.54, 1.807) is 18.3 Å². The number of hydrogen-bond acceptors (Lipinski definition) is 3. The van der Waals surface area contributed by atoms with Crippen LogP contribution in [0.5, 0.6) is 0 Å². The van der Waals surface area contributed by atoms with Crippen LogP contribution in [0, 0.1) is 11.6 Å². The van der Waals surface area contributed by atoms with Crippen LogP contribution >= 0.6 is 0 Å². The first kappa shape index (κ1) is 15.8. The zero-order valence-electron chi connectivity index (χ0n) is 11.8. The second-order valence-corrected chi connectivity index (χ2v) is 4.71. The number of aliphatic hydroxyl groups excluding tert-OH is 1. The number of carbonyl (C=O) groups excluding carboxylic acids is 1. The molecule has 0 saturated carbocycles. The summed E-state index contributed by atoms with van der Waals surface area (Å²) in [5.41, 5.74) is -0.0181. The number of nitrogens with one attached hydrogen (secondary N) is 2. The van der Waals surface area contributed by atoms with E-state index >= 15 is 0 Å². The third-order valence-electron chi connectivity index (χ3n) is 3.05. The molecule has 3 N–H and O–H groups in total. The van der Waals surface area contributed by atoms with Gasteiger partial charge in [0.05, 0.1) is 23.5 Å². The number of nitrogens with zero attached hydrogens (tertiary/aromatic N) is 1. The molecule has 1 aromatic heterocycles. The molecule has 1 aromatic carbocycles. The molecule has 2 unspecified atom stereocenters. The normalized spacial score (nSPS) is 13.3. The number of pyridine rings is 1. The summed E-state index contributed by atoms with van der Waals surface area (Å²) in [6.45, 7) is 1.44. The van der Waals surface area contributed by atoms with E-state index in [1.807, 2.05) is 0 Å². The fourth-order valence-electron chi connectivity index (χ4n) is 1.93. The zero-order valence-corrected chi connectivity index (χ0v) is 11.8. The van der Waals surface area contributed by atoms with Crippen molar-refractivity contribution in [2.45, 2.75) is 19.1 Å². The van der Waals surface area contributed by atoms with Crippen molar-refractivity contribution in [1.29, 1.82) is 0 Å². The molecule has 2 atom stereocenters. The molecule has 0 saturated heterocycles. The number of rotatable bonds is 4. The van der Waals surface area contributed by atoms with Crippen molar-refractivity contribution in [1.82, 2.24) is 10.3 Å². The summed E-state index contributed by atoms with van der Waals surface area (Å²) in [4.78, 5) is 15.6. The van der Waals surface area contributed by atoms with Gasteiger partial charge in [-0.1, -0.05) is 6.07 Å². The molecular weight excluding hydrogens is 292 g/mol. The minimum atomic E-state index is -1.51. The van der Waals surface area contributed by atoms with E-state index in [0.29, 0.717) is 5.69 Å². The van der Waals surface area contributed by atoms with E-state index < -0.39 is 35.4 Å². The Morgan fingerprint density at radius 1 is 1.23 bits per heavy atom. The fraction of sp³-hybridized carbons (Fsp3) is 0.200. The van der Waals surface area contributed by atoms with Crippen LogP contribution in [0.25, 0.3) is 0 Å². The van der Waals surface area contributed by atoms with Gasteiger partial charge in [-0.3, -0.25) is 4.98 Å². The van der Waals surface area contributed by atoms with E-state index in [4.69, 9.17) is 0 Å². The zero-order chi connectivity index (χ0) is 16.1. The van der Waals surface area contributed by atoms with Gasteiger partial charge in [-0.2, -0.15) is 0 Å². The summed E-state index contributed by atoms with van der Waals surface area (Å²) in [6.07, 6.45) is 1.48. The molecule has 1 heterocycles. The Morgan fingerprint density at radius 2 is 1.91 bits per heavy atom. The number of halogens is 2. The summed E-state index contributed by atoms with van der Waals surface area (Å²) >= 11 is 0. The molecule has 2 rings (SSSR count). The average molecular weight is 307 g/mol. The molecule has 0 fully saturated rings. The lowest BCUT2D eigenvalue weighted by Crippen LogP contribution is -2.40. The fourth-order valence-corrected chi connectivity index (χ4v) is 1.93. The summed E-state index contributed by atoms with van der Waals surface area (Å²) in [5.74, 6) is -1.73. The van der Waals surface area contributed by atoms with E-state index in [-0.39, 0.29) is 0 Å². The first-order valence-electron chi connectivity index (χ1n) is 6.58. The molecule has 0 aliphatic carbocycles. The first-order valence-corrected chi connectivity index (χ1v) is 6.58. The number of aliphatic hydroxyl groups is 1. The second kappa shape index (κ2) is 6.95. The summed E-state index contributed by atoms with van der Waals surface area (Å²) in [6, 6.07) is 5.05. The Morgan fingerprint density at radius 3 is 2.50 bits per heavy atom. The van der Waals surface area contributed by atoms with Crippen molar-refractivity contribution in [2.75, 3.05) is 5.32 Å². The van der Waals surface area contributed by atoms with Gasteiger partial charge in [0.25, 0.3) is 0 Å². The van der Waals surface area contributed by atoms with Crippen LogP contribution in [0.4, 0.5) is 19.3 Å². The smallest absolute Gasteiger partial charge is 0.319 e. The first-order chi connectivity index (χ1) is 10.5. The summed E-state index contributed by atoms with van der Waals surface area (Å²) in [5, 5.41) is 14.9. The Hall–Kier alpha value is -2.54. The van der Waals surface area contributed by atoms with Gasteiger partial charge in [0, 0.05) is 6.20 Å². The number of anilines is 1. The Balaban J connectivity index is 2.02. The van der Waals surface area contributed by atoms with Crippen LogP contribution in [-0.2, 0) is 0 Å². The Labute approximate surface area is 126 Å². The number of benzene rings is 1. The standard InChI is InChI=1S/C15H15F2N3O2/c1-9(14(21)13-11(16)5-2-6-12(13)17)19-15(22)20-10-4-3-7-18-8-10/h2-9,14,21H,1H3,(H2,19,20,22). The predicted octanol–water partition coefficient (Wildman–Crippen LogP) is 2.60. The van der Waals surface area contributed by atoms with Crippen molar-refractivity contribution < 1.29 is 18.7 Å². The predicted molar refractivity (Wildman–Crippen MR) is 77.2 cm³/mol. The molecular formula is C15H15F2N3O2. The van der Waals surface area contributed by atoms with Gasteiger partial charge < -0.3 is 15.7 Å². The third kappa shape index (κ3) is 3.76. The van der Waals surface area contributed by atoms with Gasteiger partial charge in [-0.15, -0.1) is 0 Å². The highest BCUT2D eigenvalue weighted by atomic mass is 19.1. The molecule has 5 nitrogen and oxygen atoms in total. The number of aromatic nitrogens is 1. The highest BCUT2D eigenvalue weighted by Crippen LogP contribution is 2.23. The van der Waals surface area contributed by atoms with Gasteiger partial charge in [-0.05, 0) is 31.2 Å². The van der Waals surface area contributed by atoms with Crippen LogP contribution in [0.15, 0.2) is 42.7 Å². The van der Waals surface area contributed by atoms with E-state index in [2.05, 4.69) is 15.6 Å². The lowest BCUT2D eigenvalue weighted by molar-refractivity contribution is 0.131. The molecule has 0 spiro atoms. The number of amides is 2. The van der Waals surface area contributed by atoms with Gasteiger partial charge in [0.1, 0.15) is 17.7 Å². The monoisotopic (exact) mass is 307 g/mol. The van der Waals surface area contributed by atoms with Gasteiger partial charge in [0.2, 0.25) is 0 Å². The SMILES string of the molecule is CC(NC(=O)Nc1cccnc1)C(O)c1c(F)cccc1F. The number of carbonyl (C=O) groups is 1. The highest BCUT2D eigenvalue weighted by Gasteiger charge is 2.24. The molecule has 22 heavy (non-hydrogen) atoms. The van der Waals surface area contributed by atoms with Crippen molar-refractivity contribution in [3.05, 3.63) is 59.9 Å². The molecule has 0 radical (unpaired) electrons. The van der Waals surface area contributed by atoms with Gasteiger partial charge >= 0.3 is 6.03 Å². The van der Waals surface area contributed by atoms with Crippen LogP contribution in [0.1, 0.15) is 18.6 Å². The maximum Gasteiger partial charge on any atom is 0.319 e. The second-order valence-electron chi connectivity index (χ2n) is 4.71. The van der Waals surface area contributed by atoms with Crippen molar-refractivity contribution in [2.24, 2.45) is 0 Å². The van der Waals surface area contributed by atoms with E-state index in [9.17, 15) is 18.7 Å². The highest BCUT2D eigenvalue weighted by molar-refractivity contribution is 5.89. The summed E-state index contributed by atoms with van der Waals surface area (Å²) in [7, 11) is 0. The number of urea groups is 1. The third-order valence-corrected chi connectivity index (χ3v) is 3.05. The topological polar surface area (TPSA) is 74.2 Å². The Bertz CT molecular complexity index is 632. The van der Waals surface area contributed by atoms with E-state index in [1.165, 1.54) is 19.2 Å². The largest absolute Gasteiger partial charge is 0.386 e. The van der Waals surface area contributed by atoms with Gasteiger partial charge in [-0.25, -0.2) is 13.6 Å². The minimum Gasteiger partial charge on any atom is -0.386 e. The maximum atomic E-state index is 13.6. The molecule has 7 heteroatoms. The van der Waals surface area contributed by atoms with Crippen molar-refractivity contribution in [3.63, 3.8) is 0 Å². The summed E-state index contributed by atoms with van der Waals surface area (Å²) < 4.78 is 27.2. The quantitative estimate of drug-likeness (QED) is 0.813. The number of hydrogen-bond donors (Lipinski definition) is 3. The molecule has 2 aromatic rings.